The van der Waals surface area contributed by atoms with E-state index in [1.54, 1.807) is 6.07 Å². The number of allylic oxidation sites excluding steroid dienone is 1. The van der Waals surface area contributed by atoms with Crippen LogP contribution in [0.3, 0.4) is 0 Å². The molecule has 4 nitrogen and oxygen atoms in total. The lowest BCUT2D eigenvalue weighted by Gasteiger charge is -2.35. The van der Waals surface area contributed by atoms with E-state index in [9.17, 15) is 9.59 Å². The van der Waals surface area contributed by atoms with Gasteiger partial charge >= 0.3 is 0 Å². The molecule has 2 amide bonds. The summed E-state index contributed by atoms with van der Waals surface area (Å²) in [5, 5.41) is 2.53. The van der Waals surface area contributed by atoms with E-state index in [4.69, 9.17) is 4.43 Å². The maximum atomic E-state index is 11.9. The Bertz CT molecular complexity index is 657. The summed E-state index contributed by atoms with van der Waals surface area (Å²) in [4.78, 5) is 23.5. The second kappa shape index (κ2) is 6.41. The highest BCUT2D eigenvalue weighted by molar-refractivity contribution is 6.74. The molecule has 1 aliphatic rings. The monoisotopic (exact) mass is 331 g/mol. The Morgan fingerprint density at radius 3 is 2.48 bits per heavy atom. The van der Waals surface area contributed by atoms with Crippen molar-refractivity contribution in [1.82, 2.24) is 5.32 Å². The van der Waals surface area contributed by atoms with Gasteiger partial charge in [0.15, 0.2) is 8.32 Å². The van der Waals surface area contributed by atoms with Crippen molar-refractivity contribution < 1.29 is 14.0 Å². The predicted octanol–water partition coefficient (Wildman–Crippen LogP) is 3.69. The third-order valence-electron chi connectivity index (χ3n) is 4.70. The fraction of sp³-hybridized carbons (Fsp3) is 0.444. The molecule has 0 radical (unpaired) electrons. The minimum atomic E-state index is -1.73. The first-order valence-electron chi connectivity index (χ1n) is 7.90. The number of hydrogen-bond acceptors (Lipinski definition) is 3. The van der Waals surface area contributed by atoms with Crippen LogP contribution in [0.4, 0.5) is 0 Å². The number of imide groups is 1. The Balaban J connectivity index is 1.98. The van der Waals surface area contributed by atoms with E-state index in [0.717, 1.165) is 5.56 Å². The SMILES string of the molecule is CC(C)(C)[Si](C)(C)OCC=CCc1cccc2c1C(=O)NC2=O. The molecule has 124 valence electrons. The number of carbonyl (C=O) groups is 2. The normalized spacial score (nSPS) is 15.2. The Labute approximate surface area is 139 Å². The van der Waals surface area contributed by atoms with Crippen molar-refractivity contribution >= 4 is 20.1 Å². The molecule has 1 aliphatic heterocycles. The van der Waals surface area contributed by atoms with Crippen LogP contribution in [0, 0.1) is 0 Å². The summed E-state index contributed by atoms with van der Waals surface area (Å²) < 4.78 is 6.08. The zero-order valence-electron chi connectivity index (χ0n) is 14.5. The van der Waals surface area contributed by atoms with Gasteiger partial charge in [0.25, 0.3) is 11.8 Å². The van der Waals surface area contributed by atoms with Gasteiger partial charge in [-0.1, -0.05) is 45.1 Å². The van der Waals surface area contributed by atoms with E-state index < -0.39 is 8.32 Å². The molecule has 1 aromatic carbocycles. The second-order valence-corrected chi connectivity index (χ2v) is 12.2. The molecule has 5 heteroatoms. The summed E-state index contributed by atoms with van der Waals surface area (Å²) in [7, 11) is -1.73. The number of rotatable bonds is 5. The van der Waals surface area contributed by atoms with E-state index in [-0.39, 0.29) is 16.9 Å². The number of amides is 2. The fourth-order valence-electron chi connectivity index (χ4n) is 2.21. The van der Waals surface area contributed by atoms with Crippen LogP contribution >= 0.6 is 0 Å². The van der Waals surface area contributed by atoms with Gasteiger partial charge in [-0.05, 0) is 36.2 Å². The highest BCUT2D eigenvalue weighted by Crippen LogP contribution is 2.36. The summed E-state index contributed by atoms with van der Waals surface area (Å²) in [6, 6.07) is 5.38. The first-order valence-corrected chi connectivity index (χ1v) is 10.8. The summed E-state index contributed by atoms with van der Waals surface area (Å²) in [5.41, 5.74) is 1.85. The van der Waals surface area contributed by atoms with Gasteiger partial charge in [0.1, 0.15) is 0 Å². The average Bonchev–Trinajstić information content (AvgIpc) is 2.73. The molecule has 23 heavy (non-hydrogen) atoms. The van der Waals surface area contributed by atoms with Gasteiger partial charge in [-0.15, -0.1) is 0 Å². The molecule has 0 atom stereocenters. The molecule has 0 saturated carbocycles. The molecule has 0 saturated heterocycles. The van der Waals surface area contributed by atoms with Gasteiger partial charge in [0.05, 0.1) is 17.7 Å². The molecule has 0 unspecified atom stereocenters. The zero-order chi connectivity index (χ0) is 17.3. The Morgan fingerprint density at radius 1 is 1.13 bits per heavy atom. The Morgan fingerprint density at radius 2 is 1.83 bits per heavy atom. The van der Waals surface area contributed by atoms with Crippen molar-refractivity contribution in [3.63, 3.8) is 0 Å². The van der Waals surface area contributed by atoms with Crippen molar-refractivity contribution in [2.45, 2.75) is 45.3 Å². The van der Waals surface area contributed by atoms with Gasteiger partial charge < -0.3 is 4.43 Å². The lowest BCUT2D eigenvalue weighted by molar-refractivity contribution is 0.0879. The van der Waals surface area contributed by atoms with E-state index in [0.29, 0.717) is 24.2 Å². The van der Waals surface area contributed by atoms with Crippen molar-refractivity contribution in [1.29, 1.82) is 0 Å². The van der Waals surface area contributed by atoms with E-state index in [1.165, 1.54) is 0 Å². The highest BCUT2D eigenvalue weighted by Gasteiger charge is 2.36. The molecule has 0 aromatic heterocycles. The van der Waals surface area contributed by atoms with Crippen molar-refractivity contribution in [3.05, 3.63) is 47.0 Å². The van der Waals surface area contributed by atoms with E-state index in [2.05, 4.69) is 39.2 Å². The lowest BCUT2D eigenvalue weighted by atomic mass is 10.0. The molecular weight excluding hydrogens is 306 g/mol. The number of benzene rings is 1. The molecule has 0 aliphatic carbocycles. The fourth-order valence-corrected chi connectivity index (χ4v) is 3.16. The zero-order valence-corrected chi connectivity index (χ0v) is 15.5. The number of carbonyl (C=O) groups excluding carboxylic acids is 2. The van der Waals surface area contributed by atoms with Crippen LogP contribution in [-0.4, -0.2) is 26.7 Å². The second-order valence-electron chi connectivity index (χ2n) is 7.37. The van der Waals surface area contributed by atoms with E-state index >= 15 is 0 Å². The van der Waals surface area contributed by atoms with Crippen LogP contribution in [-0.2, 0) is 10.8 Å². The first-order chi connectivity index (χ1) is 10.6. The maximum absolute atomic E-state index is 11.9. The number of nitrogens with one attached hydrogen (secondary N) is 1. The van der Waals surface area contributed by atoms with Crippen LogP contribution in [0.5, 0.6) is 0 Å². The molecule has 1 aromatic rings. The first kappa shape index (κ1) is 17.6. The summed E-state index contributed by atoms with van der Waals surface area (Å²) in [6.07, 6.45) is 4.61. The Kier molecular flexibility index (Phi) is 4.92. The number of fused-ring (bicyclic) bond motifs is 1. The van der Waals surface area contributed by atoms with Crippen molar-refractivity contribution in [2.24, 2.45) is 0 Å². The third-order valence-corrected chi connectivity index (χ3v) is 9.20. The van der Waals surface area contributed by atoms with Gasteiger partial charge in [-0.25, -0.2) is 0 Å². The van der Waals surface area contributed by atoms with Crippen LogP contribution in [0.15, 0.2) is 30.4 Å². The van der Waals surface area contributed by atoms with Crippen LogP contribution in [0.1, 0.15) is 47.1 Å². The van der Waals surface area contributed by atoms with Gasteiger partial charge in [-0.3, -0.25) is 14.9 Å². The molecule has 1 heterocycles. The van der Waals surface area contributed by atoms with Gasteiger partial charge in [0.2, 0.25) is 0 Å². The largest absolute Gasteiger partial charge is 0.413 e. The third kappa shape index (κ3) is 3.79. The lowest BCUT2D eigenvalue weighted by Crippen LogP contribution is -2.40. The molecule has 2 rings (SSSR count). The number of hydrogen-bond donors (Lipinski definition) is 1. The quantitative estimate of drug-likeness (QED) is 0.508. The average molecular weight is 331 g/mol. The molecule has 1 N–H and O–H groups in total. The van der Waals surface area contributed by atoms with Crippen LogP contribution in [0.25, 0.3) is 0 Å². The van der Waals surface area contributed by atoms with Gasteiger partial charge in [-0.2, -0.15) is 0 Å². The molecular formula is C18H25NO3Si. The van der Waals surface area contributed by atoms with Crippen LogP contribution < -0.4 is 5.32 Å². The summed E-state index contributed by atoms with van der Waals surface area (Å²) in [5.74, 6) is -0.608. The van der Waals surface area contributed by atoms with Crippen molar-refractivity contribution in [3.8, 4) is 0 Å². The molecule has 0 bridgehead atoms. The highest BCUT2D eigenvalue weighted by atomic mass is 28.4. The Hall–Kier alpha value is -1.72. The molecule has 0 fully saturated rings. The standard InChI is InChI=1S/C18H25NO3Si/c1-18(2,3)23(4,5)22-12-7-6-9-13-10-8-11-14-15(13)17(21)19-16(14)20/h6-8,10-11H,9,12H2,1-5H3,(H,19,20,21). The summed E-state index contributed by atoms with van der Waals surface area (Å²) in [6.45, 7) is 11.7. The van der Waals surface area contributed by atoms with E-state index in [1.807, 2.05) is 24.3 Å². The van der Waals surface area contributed by atoms with Crippen molar-refractivity contribution in [2.75, 3.05) is 6.61 Å². The topological polar surface area (TPSA) is 55.4 Å². The minimum Gasteiger partial charge on any atom is -0.413 e. The predicted molar refractivity (Wildman–Crippen MR) is 94.2 cm³/mol. The minimum absolute atomic E-state index is 0.194. The van der Waals surface area contributed by atoms with Crippen LogP contribution in [0.2, 0.25) is 18.1 Å². The summed E-state index contributed by atoms with van der Waals surface area (Å²) >= 11 is 0. The maximum Gasteiger partial charge on any atom is 0.259 e. The van der Waals surface area contributed by atoms with Gasteiger partial charge in [0, 0.05) is 0 Å². The smallest absolute Gasteiger partial charge is 0.259 e. The molecule has 0 spiro atoms.